The van der Waals surface area contributed by atoms with Gasteiger partial charge in [-0.2, -0.15) is 0 Å². The number of nitrogens with zero attached hydrogens (tertiary/aromatic N) is 2. The van der Waals surface area contributed by atoms with Gasteiger partial charge in [-0.15, -0.1) is 0 Å². The Balaban J connectivity index is 2.17. The molecule has 1 aliphatic rings. The number of hydrogen-bond acceptors (Lipinski definition) is 3. The summed E-state index contributed by atoms with van der Waals surface area (Å²) in [7, 11) is 0. The summed E-state index contributed by atoms with van der Waals surface area (Å²) in [4.78, 5) is 7.19. The minimum Gasteiger partial charge on any atom is -0.353 e. The summed E-state index contributed by atoms with van der Waals surface area (Å²) < 4.78 is 0. The summed E-state index contributed by atoms with van der Waals surface area (Å²) in [6.07, 6.45) is 7.11. The molecule has 1 unspecified atom stereocenters. The van der Waals surface area contributed by atoms with Crippen molar-refractivity contribution in [2.75, 3.05) is 11.4 Å². The van der Waals surface area contributed by atoms with Gasteiger partial charge in [-0.3, -0.25) is 0 Å². The number of pyridine rings is 1. The van der Waals surface area contributed by atoms with Crippen molar-refractivity contribution in [3.05, 3.63) is 23.9 Å². The molecule has 1 aromatic heterocycles. The van der Waals surface area contributed by atoms with Gasteiger partial charge in [0.2, 0.25) is 0 Å². The largest absolute Gasteiger partial charge is 0.353 e. The van der Waals surface area contributed by atoms with E-state index in [1.807, 2.05) is 12.3 Å². The first kappa shape index (κ1) is 14.3. The predicted molar refractivity (Wildman–Crippen MR) is 81.5 cm³/mol. The van der Waals surface area contributed by atoms with Crippen LogP contribution in [-0.4, -0.2) is 23.6 Å². The van der Waals surface area contributed by atoms with Crippen LogP contribution in [0.3, 0.4) is 0 Å². The van der Waals surface area contributed by atoms with Crippen molar-refractivity contribution in [3.63, 3.8) is 0 Å². The van der Waals surface area contributed by atoms with E-state index in [2.05, 4.69) is 42.0 Å². The standard InChI is InChI=1S/C16H27N3/c1-4-15-9-5-6-11-19(15)16-14(8-7-10-17-16)12-18-13(2)3/h7-8,10,13,15,18H,4-6,9,11-12H2,1-3H3. The third-order valence-corrected chi connectivity index (χ3v) is 3.94. The molecule has 0 spiro atoms. The van der Waals surface area contributed by atoms with E-state index in [9.17, 15) is 0 Å². The van der Waals surface area contributed by atoms with Crippen molar-refractivity contribution in [3.8, 4) is 0 Å². The van der Waals surface area contributed by atoms with Gasteiger partial charge in [0.05, 0.1) is 0 Å². The first-order valence-corrected chi connectivity index (χ1v) is 7.66. The molecule has 0 saturated carbocycles. The zero-order valence-electron chi connectivity index (χ0n) is 12.5. The number of aromatic nitrogens is 1. The summed E-state index contributed by atoms with van der Waals surface area (Å²) in [6, 6.07) is 5.43. The Kier molecular flexibility index (Phi) is 5.20. The van der Waals surface area contributed by atoms with E-state index in [1.165, 1.54) is 37.1 Å². The molecule has 0 aliphatic carbocycles. The molecule has 3 nitrogen and oxygen atoms in total. The maximum atomic E-state index is 4.66. The fraction of sp³-hybridized carbons (Fsp3) is 0.688. The SMILES string of the molecule is CCC1CCCCN1c1ncccc1CNC(C)C. The van der Waals surface area contributed by atoms with Crippen molar-refractivity contribution in [2.45, 2.75) is 65.1 Å². The minimum atomic E-state index is 0.511. The molecule has 106 valence electrons. The molecule has 1 fully saturated rings. The third kappa shape index (κ3) is 3.69. The topological polar surface area (TPSA) is 28.2 Å². The van der Waals surface area contributed by atoms with Gasteiger partial charge in [-0.1, -0.05) is 26.8 Å². The molecule has 3 heteroatoms. The Morgan fingerprint density at radius 3 is 3.00 bits per heavy atom. The van der Waals surface area contributed by atoms with Gasteiger partial charge in [0.25, 0.3) is 0 Å². The normalized spacial score (nSPS) is 20.0. The van der Waals surface area contributed by atoms with Crippen LogP contribution < -0.4 is 10.2 Å². The highest BCUT2D eigenvalue weighted by Gasteiger charge is 2.23. The fourth-order valence-corrected chi connectivity index (χ4v) is 2.84. The Hall–Kier alpha value is -1.09. The Morgan fingerprint density at radius 2 is 2.26 bits per heavy atom. The Bertz CT molecular complexity index is 389. The quantitative estimate of drug-likeness (QED) is 0.881. The lowest BCUT2D eigenvalue weighted by Crippen LogP contribution is -2.40. The maximum Gasteiger partial charge on any atom is 0.133 e. The van der Waals surface area contributed by atoms with Crippen LogP contribution in [0.1, 0.15) is 52.0 Å². The van der Waals surface area contributed by atoms with E-state index in [0.29, 0.717) is 12.1 Å². The zero-order valence-corrected chi connectivity index (χ0v) is 12.5. The lowest BCUT2D eigenvalue weighted by atomic mass is 9.99. The van der Waals surface area contributed by atoms with Crippen molar-refractivity contribution in [1.29, 1.82) is 0 Å². The van der Waals surface area contributed by atoms with Crippen LogP contribution in [0.5, 0.6) is 0 Å². The van der Waals surface area contributed by atoms with E-state index in [-0.39, 0.29) is 0 Å². The van der Waals surface area contributed by atoms with Crippen molar-refractivity contribution in [2.24, 2.45) is 0 Å². The Morgan fingerprint density at radius 1 is 1.42 bits per heavy atom. The average molecular weight is 261 g/mol. The second kappa shape index (κ2) is 6.90. The Labute approximate surface area is 117 Å². The summed E-state index contributed by atoms with van der Waals surface area (Å²) in [5.41, 5.74) is 1.33. The van der Waals surface area contributed by atoms with Crippen molar-refractivity contribution >= 4 is 5.82 Å². The van der Waals surface area contributed by atoms with Crippen LogP contribution in [-0.2, 0) is 6.54 Å². The first-order chi connectivity index (χ1) is 9.22. The minimum absolute atomic E-state index is 0.511. The van der Waals surface area contributed by atoms with Gasteiger partial charge >= 0.3 is 0 Å². The summed E-state index contributed by atoms with van der Waals surface area (Å²) in [6.45, 7) is 8.73. The van der Waals surface area contributed by atoms with Gasteiger partial charge in [-0.05, 0) is 31.7 Å². The smallest absolute Gasteiger partial charge is 0.133 e. The lowest BCUT2D eigenvalue weighted by molar-refractivity contribution is 0.445. The number of piperidine rings is 1. The van der Waals surface area contributed by atoms with Crippen molar-refractivity contribution < 1.29 is 0 Å². The molecular formula is C16H27N3. The molecule has 0 bridgehead atoms. The van der Waals surface area contributed by atoms with Crippen LogP contribution in [0.15, 0.2) is 18.3 Å². The van der Waals surface area contributed by atoms with Crippen LogP contribution in [0.2, 0.25) is 0 Å². The molecule has 2 rings (SSSR count). The number of anilines is 1. The van der Waals surface area contributed by atoms with E-state index in [4.69, 9.17) is 0 Å². The van der Waals surface area contributed by atoms with Gasteiger partial charge < -0.3 is 10.2 Å². The molecule has 1 atom stereocenters. The molecule has 1 aromatic rings. The maximum absolute atomic E-state index is 4.66. The van der Waals surface area contributed by atoms with Gasteiger partial charge in [0.15, 0.2) is 0 Å². The van der Waals surface area contributed by atoms with Crippen LogP contribution >= 0.6 is 0 Å². The molecule has 0 aromatic carbocycles. The third-order valence-electron chi connectivity index (χ3n) is 3.94. The number of hydrogen-bond donors (Lipinski definition) is 1. The highest BCUT2D eigenvalue weighted by molar-refractivity contribution is 5.48. The van der Waals surface area contributed by atoms with Crippen LogP contribution in [0.4, 0.5) is 5.82 Å². The van der Waals surface area contributed by atoms with E-state index >= 15 is 0 Å². The van der Waals surface area contributed by atoms with Crippen LogP contribution in [0, 0.1) is 0 Å². The summed E-state index contributed by atoms with van der Waals surface area (Å²) >= 11 is 0. The van der Waals surface area contributed by atoms with Crippen molar-refractivity contribution in [1.82, 2.24) is 10.3 Å². The second-order valence-corrected chi connectivity index (χ2v) is 5.77. The van der Waals surface area contributed by atoms with Gasteiger partial charge in [-0.25, -0.2) is 4.98 Å². The molecule has 1 saturated heterocycles. The fourth-order valence-electron chi connectivity index (χ4n) is 2.84. The monoisotopic (exact) mass is 261 g/mol. The predicted octanol–water partition coefficient (Wildman–Crippen LogP) is 3.35. The van der Waals surface area contributed by atoms with E-state index in [1.54, 1.807) is 0 Å². The van der Waals surface area contributed by atoms with Gasteiger partial charge in [0, 0.05) is 36.9 Å². The van der Waals surface area contributed by atoms with Crippen LogP contribution in [0.25, 0.3) is 0 Å². The van der Waals surface area contributed by atoms with E-state index < -0.39 is 0 Å². The summed E-state index contributed by atoms with van der Waals surface area (Å²) in [5.74, 6) is 1.20. The lowest BCUT2D eigenvalue weighted by Gasteiger charge is -2.37. The number of rotatable bonds is 5. The van der Waals surface area contributed by atoms with Gasteiger partial charge in [0.1, 0.15) is 5.82 Å². The molecule has 2 heterocycles. The average Bonchev–Trinajstić information content (AvgIpc) is 2.45. The summed E-state index contributed by atoms with van der Waals surface area (Å²) in [5, 5.41) is 3.51. The number of nitrogens with one attached hydrogen (secondary N) is 1. The second-order valence-electron chi connectivity index (χ2n) is 5.77. The van der Waals surface area contributed by atoms with E-state index in [0.717, 1.165) is 13.1 Å². The molecular weight excluding hydrogens is 234 g/mol. The molecule has 1 N–H and O–H groups in total. The highest BCUT2D eigenvalue weighted by Crippen LogP contribution is 2.27. The molecule has 19 heavy (non-hydrogen) atoms. The zero-order chi connectivity index (χ0) is 13.7. The molecule has 0 amide bonds. The first-order valence-electron chi connectivity index (χ1n) is 7.66. The molecule has 0 radical (unpaired) electrons. The molecule has 1 aliphatic heterocycles. The highest BCUT2D eigenvalue weighted by atomic mass is 15.2.